The second-order valence-electron chi connectivity index (χ2n) is 4.91. The first-order valence-electron chi connectivity index (χ1n) is 6.41. The summed E-state index contributed by atoms with van der Waals surface area (Å²) in [5.41, 5.74) is 0. The standard InChI is InChI=1S/C15H21NO4/c1-5-7-20-15(19)13(12(6-2)14(17)18)11(9-16)8-10(3)4/h5-6,10-13H,1-2,7-8H2,3-4H3,(H,17,18). The molecule has 5 nitrogen and oxygen atoms in total. The molecular formula is C15H21NO4. The van der Waals surface area contributed by atoms with Gasteiger partial charge in [0.25, 0.3) is 0 Å². The van der Waals surface area contributed by atoms with Gasteiger partial charge in [-0.25, -0.2) is 0 Å². The summed E-state index contributed by atoms with van der Waals surface area (Å²) < 4.78 is 4.93. The molecule has 0 radical (unpaired) electrons. The number of nitriles is 1. The molecule has 0 spiro atoms. The van der Waals surface area contributed by atoms with E-state index in [0.29, 0.717) is 6.42 Å². The van der Waals surface area contributed by atoms with Crippen LogP contribution in [0.2, 0.25) is 0 Å². The summed E-state index contributed by atoms with van der Waals surface area (Å²) in [5.74, 6) is -4.66. The van der Waals surface area contributed by atoms with Gasteiger partial charge in [0.15, 0.2) is 0 Å². The second kappa shape index (κ2) is 8.92. The number of carbonyl (C=O) groups excluding carboxylic acids is 1. The van der Waals surface area contributed by atoms with E-state index in [9.17, 15) is 20.0 Å². The van der Waals surface area contributed by atoms with Crippen LogP contribution in [-0.2, 0) is 14.3 Å². The minimum absolute atomic E-state index is 0.0152. The Balaban J connectivity index is 5.36. The number of rotatable bonds is 9. The molecular weight excluding hydrogens is 258 g/mol. The zero-order chi connectivity index (χ0) is 15.7. The lowest BCUT2D eigenvalue weighted by molar-refractivity contribution is -0.157. The predicted molar refractivity (Wildman–Crippen MR) is 74.5 cm³/mol. The number of hydrogen-bond donors (Lipinski definition) is 1. The van der Waals surface area contributed by atoms with Crippen LogP contribution in [0, 0.1) is 35.0 Å². The Bertz CT molecular complexity index is 409. The van der Waals surface area contributed by atoms with E-state index in [1.165, 1.54) is 12.2 Å². The van der Waals surface area contributed by atoms with E-state index < -0.39 is 29.7 Å². The fraction of sp³-hybridized carbons (Fsp3) is 0.533. The van der Waals surface area contributed by atoms with Crippen molar-refractivity contribution in [3.8, 4) is 6.07 Å². The quantitative estimate of drug-likeness (QED) is 0.517. The Morgan fingerprint density at radius 3 is 2.35 bits per heavy atom. The van der Waals surface area contributed by atoms with Gasteiger partial charge < -0.3 is 9.84 Å². The fourth-order valence-corrected chi connectivity index (χ4v) is 1.99. The third-order valence-corrected chi connectivity index (χ3v) is 2.87. The van der Waals surface area contributed by atoms with E-state index in [-0.39, 0.29) is 12.5 Å². The van der Waals surface area contributed by atoms with Crippen LogP contribution in [0.15, 0.2) is 25.3 Å². The highest BCUT2D eigenvalue weighted by molar-refractivity contribution is 5.83. The van der Waals surface area contributed by atoms with Gasteiger partial charge in [-0.15, -0.1) is 6.58 Å². The number of carboxylic acids is 1. The Labute approximate surface area is 119 Å². The Kier molecular flexibility index (Phi) is 7.98. The predicted octanol–water partition coefficient (Wildman–Crippen LogP) is 2.40. The molecule has 0 heterocycles. The van der Waals surface area contributed by atoms with Crippen LogP contribution in [-0.4, -0.2) is 23.7 Å². The fourth-order valence-electron chi connectivity index (χ4n) is 1.99. The van der Waals surface area contributed by atoms with Crippen molar-refractivity contribution in [2.45, 2.75) is 20.3 Å². The van der Waals surface area contributed by atoms with Crippen LogP contribution in [0.1, 0.15) is 20.3 Å². The van der Waals surface area contributed by atoms with Gasteiger partial charge in [0.2, 0.25) is 0 Å². The molecule has 0 saturated heterocycles. The lowest BCUT2D eigenvalue weighted by Crippen LogP contribution is -2.36. The Hall–Kier alpha value is -2.09. The van der Waals surface area contributed by atoms with Crippen molar-refractivity contribution in [3.05, 3.63) is 25.3 Å². The summed E-state index contributed by atoms with van der Waals surface area (Å²) in [4.78, 5) is 23.3. The van der Waals surface area contributed by atoms with Gasteiger partial charge in [0.05, 0.1) is 23.8 Å². The number of hydrogen-bond acceptors (Lipinski definition) is 4. The van der Waals surface area contributed by atoms with E-state index >= 15 is 0 Å². The lowest BCUT2D eigenvalue weighted by Gasteiger charge is -2.25. The molecule has 5 heteroatoms. The average Bonchev–Trinajstić information content (AvgIpc) is 2.38. The van der Waals surface area contributed by atoms with Crippen molar-refractivity contribution < 1.29 is 19.4 Å². The van der Waals surface area contributed by atoms with E-state index in [2.05, 4.69) is 13.2 Å². The van der Waals surface area contributed by atoms with Gasteiger partial charge in [0.1, 0.15) is 6.61 Å². The van der Waals surface area contributed by atoms with Gasteiger partial charge in [-0.2, -0.15) is 5.26 Å². The molecule has 0 saturated carbocycles. The highest BCUT2D eigenvalue weighted by Gasteiger charge is 2.39. The van der Waals surface area contributed by atoms with Gasteiger partial charge in [-0.05, 0) is 12.3 Å². The second-order valence-corrected chi connectivity index (χ2v) is 4.91. The molecule has 0 rings (SSSR count). The van der Waals surface area contributed by atoms with Crippen LogP contribution in [0.5, 0.6) is 0 Å². The normalized spacial score (nSPS) is 14.7. The molecule has 0 fully saturated rings. The lowest BCUT2D eigenvalue weighted by atomic mass is 9.78. The largest absolute Gasteiger partial charge is 0.481 e. The maximum atomic E-state index is 12.1. The van der Waals surface area contributed by atoms with Crippen molar-refractivity contribution >= 4 is 11.9 Å². The minimum atomic E-state index is -1.19. The first-order valence-corrected chi connectivity index (χ1v) is 6.41. The van der Waals surface area contributed by atoms with E-state index in [1.54, 1.807) is 0 Å². The Morgan fingerprint density at radius 1 is 1.40 bits per heavy atom. The van der Waals surface area contributed by atoms with Gasteiger partial charge >= 0.3 is 11.9 Å². The van der Waals surface area contributed by atoms with Crippen molar-refractivity contribution in [1.82, 2.24) is 0 Å². The third kappa shape index (κ3) is 5.27. The van der Waals surface area contributed by atoms with Gasteiger partial charge in [0, 0.05) is 0 Å². The van der Waals surface area contributed by atoms with Gasteiger partial charge in [-0.3, -0.25) is 9.59 Å². The maximum Gasteiger partial charge on any atom is 0.311 e. The smallest absolute Gasteiger partial charge is 0.311 e. The molecule has 0 aromatic carbocycles. The summed E-state index contributed by atoms with van der Waals surface area (Å²) in [7, 11) is 0. The number of carbonyl (C=O) groups is 2. The van der Waals surface area contributed by atoms with E-state index in [4.69, 9.17) is 4.74 Å². The summed E-state index contributed by atoms with van der Waals surface area (Å²) in [6, 6.07) is 2.02. The number of ether oxygens (including phenoxy) is 1. The summed E-state index contributed by atoms with van der Waals surface area (Å²) in [6.07, 6.45) is 2.98. The molecule has 3 atom stereocenters. The van der Waals surface area contributed by atoms with Crippen LogP contribution >= 0.6 is 0 Å². The molecule has 1 N–H and O–H groups in total. The summed E-state index contributed by atoms with van der Waals surface area (Å²) in [5, 5.41) is 18.4. The molecule has 0 aliphatic carbocycles. The molecule has 0 aliphatic rings. The topological polar surface area (TPSA) is 87.4 Å². The van der Waals surface area contributed by atoms with Crippen LogP contribution < -0.4 is 0 Å². The molecule has 3 unspecified atom stereocenters. The number of esters is 1. The van der Waals surface area contributed by atoms with Gasteiger partial charge in [-0.1, -0.05) is 32.6 Å². The monoisotopic (exact) mass is 279 g/mol. The summed E-state index contributed by atoms with van der Waals surface area (Å²) in [6.45, 7) is 10.7. The molecule has 0 aromatic heterocycles. The molecule has 0 bridgehead atoms. The van der Waals surface area contributed by atoms with Crippen molar-refractivity contribution in [2.75, 3.05) is 6.61 Å². The molecule has 110 valence electrons. The number of nitrogens with zero attached hydrogens (tertiary/aromatic N) is 1. The highest BCUT2D eigenvalue weighted by Crippen LogP contribution is 2.29. The zero-order valence-electron chi connectivity index (χ0n) is 11.9. The number of aliphatic carboxylic acids is 1. The van der Waals surface area contributed by atoms with Crippen molar-refractivity contribution in [2.24, 2.45) is 23.7 Å². The van der Waals surface area contributed by atoms with Crippen molar-refractivity contribution in [1.29, 1.82) is 5.26 Å². The van der Waals surface area contributed by atoms with E-state index in [0.717, 1.165) is 0 Å². The first kappa shape index (κ1) is 17.9. The molecule has 0 amide bonds. The maximum absolute atomic E-state index is 12.1. The Morgan fingerprint density at radius 2 is 2.00 bits per heavy atom. The highest BCUT2D eigenvalue weighted by atomic mass is 16.5. The first-order chi connectivity index (χ1) is 9.38. The summed E-state index contributed by atoms with van der Waals surface area (Å²) >= 11 is 0. The molecule has 0 aliphatic heterocycles. The van der Waals surface area contributed by atoms with Crippen LogP contribution in [0.3, 0.4) is 0 Å². The SMILES string of the molecule is C=CCOC(=O)C(C(C#N)CC(C)C)C(C=C)C(=O)O. The number of carboxylic acid groups (broad SMARTS) is 1. The zero-order valence-corrected chi connectivity index (χ0v) is 11.9. The van der Waals surface area contributed by atoms with Crippen LogP contribution in [0.25, 0.3) is 0 Å². The average molecular weight is 279 g/mol. The van der Waals surface area contributed by atoms with Crippen LogP contribution in [0.4, 0.5) is 0 Å². The van der Waals surface area contributed by atoms with E-state index in [1.807, 2.05) is 19.9 Å². The minimum Gasteiger partial charge on any atom is -0.481 e. The molecule has 0 aromatic rings. The third-order valence-electron chi connectivity index (χ3n) is 2.87. The van der Waals surface area contributed by atoms with Crippen molar-refractivity contribution in [3.63, 3.8) is 0 Å². The molecule has 20 heavy (non-hydrogen) atoms.